The third-order valence-electron chi connectivity index (χ3n) is 5.49. The second-order valence-corrected chi connectivity index (χ2v) is 8.95. The molecule has 1 fully saturated rings. The summed E-state index contributed by atoms with van der Waals surface area (Å²) in [4.78, 5) is 19.4. The third-order valence-corrected chi connectivity index (χ3v) is 6.45. The number of hydrogen-bond donors (Lipinski definition) is 1. The Labute approximate surface area is 178 Å². The van der Waals surface area contributed by atoms with Crippen molar-refractivity contribution < 1.29 is 4.79 Å². The number of thioether (sulfide) groups is 1. The summed E-state index contributed by atoms with van der Waals surface area (Å²) in [5, 5.41) is 4.06. The highest BCUT2D eigenvalue weighted by atomic mass is 32.2. The van der Waals surface area contributed by atoms with Crippen molar-refractivity contribution >= 4 is 17.7 Å². The van der Waals surface area contributed by atoms with Gasteiger partial charge in [0.15, 0.2) is 5.16 Å². The average molecular weight is 413 g/mol. The highest BCUT2D eigenvalue weighted by Crippen LogP contribution is 2.24. The summed E-state index contributed by atoms with van der Waals surface area (Å²) in [6.45, 7) is 11.6. The zero-order valence-electron chi connectivity index (χ0n) is 17.9. The van der Waals surface area contributed by atoms with E-state index < -0.39 is 0 Å². The highest BCUT2D eigenvalue weighted by Gasteiger charge is 2.20. The predicted octanol–water partition coefficient (Wildman–Crippen LogP) is 4.13. The Morgan fingerprint density at radius 3 is 2.76 bits per heavy atom. The summed E-state index contributed by atoms with van der Waals surface area (Å²) in [5.41, 5.74) is 4.96. The number of carbonyl (C=O) groups is 1. The molecule has 0 atom stereocenters. The number of nitrogens with one attached hydrogen (secondary N) is 1. The highest BCUT2D eigenvalue weighted by molar-refractivity contribution is 7.99. The van der Waals surface area contributed by atoms with Crippen molar-refractivity contribution in [3.05, 3.63) is 53.4 Å². The number of allylic oxidation sites excluding steroid dienone is 1. The van der Waals surface area contributed by atoms with E-state index in [0.29, 0.717) is 5.75 Å². The minimum absolute atomic E-state index is 0.0910. The van der Waals surface area contributed by atoms with Crippen LogP contribution >= 0.6 is 11.8 Å². The quantitative estimate of drug-likeness (QED) is 0.549. The van der Waals surface area contributed by atoms with E-state index in [1.54, 1.807) is 6.20 Å². The molecule has 1 saturated heterocycles. The summed E-state index contributed by atoms with van der Waals surface area (Å²) < 4.78 is 2.07. The molecule has 3 rings (SSSR count). The Hall–Kier alpha value is -2.05. The van der Waals surface area contributed by atoms with Crippen molar-refractivity contribution in [3.8, 4) is 5.69 Å². The molecule has 1 N–H and O–H groups in total. The lowest BCUT2D eigenvalue weighted by molar-refractivity contribution is -0.119. The first kappa shape index (κ1) is 21.7. The monoisotopic (exact) mass is 412 g/mol. The number of carbonyl (C=O) groups excluding carboxylic acids is 1. The van der Waals surface area contributed by atoms with E-state index in [9.17, 15) is 4.79 Å². The van der Waals surface area contributed by atoms with Crippen LogP contribution in [0.2, 0.25) is 0 Å². The van der Waals surface area contributed by atoms with Crippen LogP contribution in [0.3, 0.4) is 0 Å². The van der Waals surface area contributed by atoms with E-state index in [-0.39, 0.29) is 11.9 Å². The number of benzene rings is 1. The van der Waals surface area contributed by atoms with Gasteiger partial charge in [0, 0.05) is 38.1 Å². The van der Waals surface area contributed by atoms with Gasteiger partial charge in [-0.1, -0.05) is 35.5 Å². The lowest BCUT2D eigenvalue weighted by Gasteiger charge is -2.31. The SMILES string of the molecule is CC(C)=CCN1CCC(NC(=O)CSc2nccn2-c2cccc(C)c2C)CC1. The molecule has 5 nitrogen and oxygen atoms in total. The van der Waals surface area contributed by atoms with Gasteiger partial charge in [-0.15, -0.1) is 0 Å². The van der Waals surface area contributed by atoms with Gasteiger partial charge in [-0.3, -0.25) is 14.3 Å². The summed E-state index contributed by atoms with van der Waals surface area (Å²) in [5.74, 6) is 0.480. The minimum Gasteiger partial charge on any atom is -0.353 e. The van der Waals surface area contributed by atoms with Gasteiger partial charge in [-0.2, -0.15) is 0 Å². The van der Waals surface area contributed by atoms with Crippen LogP contribution in [0.25, 0.3) is 5.69 Å². The molecule has 1 aliphatic rings. The lowest BCUT2D eigenvalue weighted by Crippen LogP contribution is -2.45. The fourth-order valence-electron chi connectivity index (χ4n) is 3.55. The Balaban J connectivity index is 1.49. The standard InChI is InChI=1S/C23H32N4OS/c1-17(2)8-12-26-13-9-20(10-14-26)25-22(28)16-29-23-24-11-15-27(23)21-7-5-6-18(3)19(21)4/h5-8,11,15,20H,9-10,12-14,16H2,1-4H3,(H,25,28). The second kappa shape index (κ2) is 10.1. The predicted molar refractivity (Wildman–Crippen MR) is 121 cm³/mol. The molecule has 0 saturated carbocycles. The Morgan fingerprint density at radius 1 is 1.28 bits per heavy atom. The molecule has 2 aromatic rings. The van der Waals surface area contributed by atoms with Crippen LogP contribution in [0.5, 0.6) is 0 Å². The van der Waals surface area contributed by atoms with Gasteiger partial charge in [-0.05, 0) is 57.7 Å². The Bertz CT molecular complexity index is 862. The number of imidazole rings is 1. The van der Waals surface area contributed by atoms with E-state index in [1.807, 2.05) is 6.20 Å². The molecule has 156 valence electrons. The molecule has 0 unspecified atom stereocenters. The topological polar surface area (TPSA) is 50.2 Å². The average Bonchev–Trinajstić information content (AvgIpc) is 3.16. The third kappa shape index (κ3) is 5.97. The summed E-state index contributed by atoms with van der Waals surface area (Å²) in [6.07, 6.45) is 8.07. The first-order valence-corrected chi connectivity index (χ1v) is 11.3. The second-order valence-electron chi connectivity index (χ2n) is 8.01. The molecule has 0 radical (unpaired) electrons. The molecule has 0 spiro atoms. The fraction of sp³-hybridized carbons (Fsp3) is 0.478. The van der Waals surface area contributed by atoms with Gasteiger partial charge < -0.3 is 5.32 Å². The van der Waals surface area contributed by atoms with E-state index in [0.717, 1.165) is 43.3 Å². The number of piperidine rings is 1. The number of hydrogen-bond acceptors (Lipinski definition) is 4. The van der Waals surface area contributed by atoms with Gasteiger partial charge in [-0.25, -0.2) is 4.98 Å². The van der Waals surface area contributed by atoms with Crippen molar-refractivity contribution in [2.75, 3.05) is 25.4 Å². The van der Waals surface area contributed by atoms with Crippen LogP contribution in [0.1, 0.15) is 37.8 Å². The van der Waals surface area contributed by atoms with Crippen LogP contribution in [0, 0.1) is 13.8 Å². The molecule has 1 aliphatic heterocycles. The molecule has 1 aromatic carbocycles. The van der Waals surface area contributed by atoms with Crippen molar-refractivity contribution in [2.24, 2.45) is 0 Å². The summed E-state index contributed by atoms with van der Waals surface area (Å²) in [7, 11) is 0. The van der Waals surface area contributed by atoms with Gasteiger partial charge in [0.1, 0.15) is 0 Å². The number of rotatable bonds is 7. The van der Waals surface area contributed by atoms with Crippen molar-refractivity contribution in [2.45, 2.75) is 51.7 Å². The molecule has 0 bridgehead atoms. The number of amides is 1. The first-order chi connectivity index (χ1) is 13.9. The molecule has 1 amide bonds. The number of nitrogens with zero attached hydrogens (tertiary/aromatic N) is 3. The maximum atomic E-state index is 12.5. The van der Waals surface area contributed by atoms with Crippen LogP contribution in [0.4, 0.5) is 0 Å². The van der Waals surface area contributed by atoms with Crippen LogP contribution in [-0.2, 0) is 4.79 Å². The van der Waals surface area contributed by atoms with Gasteiger partial charge in [0.05, 0.1) is 11.4 Å². The van der Waals surface area contributed by atoms with Gasteiger partial charge in [0.25, 0.3) is 0 Å². The van der Waals surface area contributed by atoms with Crippen molar-refractivity contribution in [3.63, 3.8) is 0 Å². The number of aromatic nitrogens is 2. The first-order valence-electron chi connectivity index (χ1n) is 10.3. The number of likely N-dealkylation sites (tertiary alicyclic amines) is 1. The molecular weight excluding hydrogens is 380 g/mol. The van der Waals surface area contributed by atoms with Crippen LogP contribution in [-0.4, -0.2) is 51.8 Å². The molecule has 2 heterocycles. The van der Waals surface area contributed by atoms with Gasteiger partial charge in [0.2, 0.25) is 5.91 Å². The Kier molecular flexibility index (Phi) is 7.56. The zero-order chi connectivity index (χ0) is 20.8. The van der Waals surface area contributed by atoms with E-state index in [2.05, 4.69) is 71.7 Å². The molecule has 1 aromatic heterocycles. The van der Waals surface area contributed by atoms with E-state index in [1.165, 1.54) is 28.5 Å². The minimum atomic E-state index is 0.0910. The van der Waals surface area contributed by atoms with Crippen LogP contribution < -0.4 is 5.32 Å². The Morgan fingerprint density at radius 2 is 2.03 bits per heavy atom. The summed E-state index contributed by atoms with van der Waals surface area (Å²) >= 11 is 1.49. The normalized spacial score (nSPS) is 15.3. The largest absolute Gasteiger partial charge is 0.353 e. The maximum Gasteiger partial charge on any atom is 0.230 e. The maximum absolute atomic E-state index is 12.5. The van der Waals surface area contributed by atoms with Crippen LogP contribution in [0.15, 0.2) is 47.4 Å². The lowest BCUT2D eigenvalue weighted by atomic mass is 10.0. The van der Waals surface area contributed by atoms with E-state index >= 15 is 0 Å². The molecular formula is C23H32N4OS. The summed E-state index contributed by atoms with van der Waals surface area (Å²) in [6, 6.07) is 6.55. The molecule has 29 heavy (non-hydrogen) atoms. The fourth-order valence-corrected chi connectivity index (χ4v) is 4.32. The van der Waals surface area contributed by atoms with Crippen molar-refractivity contribution in [1.29, 1.82) is 0 Å². The molecule has 6 heteroatoms. The zero-order valence-corrected chi connectivity index (χ0v) is 18.8. The van der Waals surface area contributed by atoms with E-state index in [4.69, 9.17) is 0 Å². The molecule has 0 aliphatic carbocycles. The number of aryl methyl sites for hydroxylation is 1. The smallest absolute Gasteiger partial charge is 0.230 e. The van der Waals surface area contributed by atoms with Crippen molar-refractivity contribution in [1.82, 2.24) is 19.8 Å². The van der Waals surface area contributed by atoms with Gasteiger partial charge >= 0.3 is 0 Å².